The van der Waals surface area contributed by atoms with Crippen molar-refractivity contribution in [2.24, 2.45) is 5.11 Å². The summed E-state index contributed by atoms with van der Waals surface area (Å²) in [7, 11) is 0. The Morgan fingerprint density at radius 3 is 2.46 bits per heavy atom. The Bertz CT molecular complexity index is 2090. The predicted molar refractivity (Wildman–Crippen MR) is 235 cm³/mol. The molecule has 63 heavy (non-hydrogen) atoms. The molecule has 8 N–H and O–H groups in total. The Morgan fingerprint density at radius 1 is 0.857 bits per heavy atom. The third-order valence-corrected chi connectivity index (χ3v) is 11.8. The summed E-state index contributed by atoms with van der Waals surface area (Å²) in [4.78, 5) is 82.1. The van der Waals surface area contributed by atoms with Crippen LogP contribution >= 0.6 is 11.8 Å². The molecule has 0 bridgehead atoms. The summed E-state index contributed by atoms with van der Waals surface area (Å²) >= 11 is 1.87. The molecule has 5 rings (SSSR count). The average Bonchev–Trinajstić information content (AvgIpc) is 3.84. The zero-order valence-corrected chi connectivity index (χ0v) is 35.8. The predicted octanol–water partition coefficient (Wildman–Crippen LogP) is 3.08. The van der Waals surface area contributed by atoms with Gasteiger partial charge in [-0.3, -0.25) is 29.0 Å². The van der Waals surface area contributed by atoms with Crippen LogP contribution in [0.1, 0.15) is 72.1 Å². The van der Waals surface area contributed by atoms with Gasteiger partial charge in [0.1, 0.15) is 23.9 Å². The fourth-order valence-electron chi connectivity index (χ4n) is 7.08. The van der Waals surface area contributed by atoms with Crippen LogP contribution in [0.4, 0.5) is 10.5 Å². The summed E-state index contributed by atoms with van der Waals surface area (Å²) in [6.07, 6.45) is 6.30. The molecule has 2 aliphatic heterocycles. The van der Waals surface area contributed by atoms with Crippen molar-refractivity contribution < 1.29 is 43.3 Å². The van der Waals surface area contributed by atoms with Crippen LogP contribution in [0, 0.1) is 0 Å². The Labute approximate surface area is 368 Å². The number of aromatic hydroxyl groups is 1. The average molecular weight is 890 g/mol. The highest BCUT2D eigenvalue weighted by Gasteiger charge is 2.42. The number of carbonyl (C=O) groups is 6. The minimum Gasteiger partial charge on any atom is -0.506 e. The van der Waals surface area contributed by atoms with Gasteiger partial charge in [0.05, 0.1) is 31.9 Å². The van der Waals surface area contributed by atoms with Crippen molar-refractivity contribution in [1.82, 2.24) is 42.2 Å². The van der Waals surface area contributed by atoms with E-state index in [9.17, 15) is 33.9 Å². The number of urea groups is 1. The molecular formula is C42H55N11O9S. The summed E-state index contributed by atoms with van der Waals surface area (Å²) in [5.74, 6) is -0.721. The number of pyridine rings is 1. The molecule has 0 aliphatic carbocycles. The molecular weight excluding hydrogens is 835 g/mol. The number of hydrogen-bond donors (Lipinski definition) is 8. The summed E-state index contributed by atoms with van der Waals surface area (Å²) < 4.78 is 10.9. The number of nitrogens with one attached hydrogen (secondary N) is 7. The molecule has 4 atom stereocenters. The molecule has 7 amide bonds. The molecule has 2 aromatic carbocycles. The maximum absolute atomic E-state index is 13.3. The Hall–Kier alpha value is -6.15. The number of fused-ring (bicyclic) bond motifs is 2. The number of ether oxygens (including phenoxy) is 2. The standard InChI is InChI=1S/C42H55N11O9S/c43-53-52-28-13-11-27(12-14-28)39(57)49-31(41(59)48-20-6-19-47-40(58)30-15-16-33(54)37-29(30)7-5-18-46-37)8-3-4-17-44-36(56)25-62-24-23-61-22-21-45-35(55)10-2-1-9-34-38-32(26-63-34)50-42(60)51-38/h5,7,11-16,18,31-32,34,38,54H,1-4,6,8-10,17,19-26H2,(H,44,56)(H,45,55)(H,47,58)(H,48,59)(H,49,57)(H2,50,51,60)/t31-,32-,34-,38-/m0/s1. The van der Waals surface area contributed by atoms with Crippen LogP contribution in [0.2, 0.25) is 0 Å². The van der Waals surface area contributed by atoms with E-state index in [4.69, 9.17) is 15.0 Å². The first-order valence-electron chi connectivity index (χ1n) is 21.1. The first-order valence-corrected chi connectivity index (χ1v) is 22.1. The molecule has 0 saturated carbocycles. The van der Waals surface area contributed by atoms with Crippen LogP contribution in [0.5, 0.6) is 5.75 Å². The number of thioether (sulfide) groups is 1. The maximum Gasteiger partial charge on any atom is 0.315 e. The van der Waals surface area contributed by atoms with E-state index in [0.717, 1.165) is 25.0 Å². The number of phenolic OH excluding ortho intramolecular Hbond substituents is 1. The van der Waals surface area contributed by atoms with E-state index in [2.05, 4.69) is 52.2 Å². The van der Waals surface area contributed by atoms with E-state index in [0.29, 0.717) is 72.8 Å². The van der Waals surface area contributed by atoms with Crippen LogP contribution in [0.15, 0.2) is 59.8 Å². The first kappa shape index (κ1) is 47.9. The SMILES string of the molecule is [N-]=[N+]=Nc1ccc(C(=O)N[C@@H](CCCCNC(=O)COCCOCCNC(=O)CCCC[C@@H]2SC[C@@H]3NC(=O)N[C@@H]32)C(=O)NCCCNC(=O)c2ccc(O)c3ncccc23)cc1. The van der Waals surface area contributed by atoms with Crippen LogP contribution in [-0.2, 0) is 23.9 Å². The highest BCUT2D eigenvalue weighted by molar-refractivity contribution is 8.00. The number of phenols is 1. The van der Waals surface area contributed by atoms with Crippen molar-refractivity contribution in [3.05, 3.63) is 76.3 Å². The van der Waals surface area contributed by atoms with Gasteiger partial charge < -0.3 is 51.8 Å². The second kappa shape index (κ2) is 25.7. The fraction of sp³-hybridized carbons (Fsp3) is 0.500. The number of hydrogen-bond acceptors (Lipinski definition) is 12. The van der Waals surface area contributed by atoms with E-state index in [1.165, 1.54) is 42.6 Å². The van der Waals surface area contributed by atoms with Gasteiger partial charge >= 0.3 is 6.03 Å². The molecule has 2 aliphatic rings. The summed E-state index contributed by atoms with van der Waals surface area (Å²) in [5, 5.41) is 34.4. The molecule has 3 heterocycles. The number of azide groups is 1. The van der Waals surface area contributed by atoms with Gasteiger partial charge in [-0.1, -0.05) is 29.7 Å². The second-order valence-electron chi connectivity index (χ2n) is 14.9. The largest absolute Gasteiger partial charge is 0.506 e. The van der Waals surface area contributed by atoms with Gasteiger partial charge in [0, 0.05) is 76.9 Å². The molecule has 20 nitrogen and oxygen atoms in total. The second-order valence-corrected chi connectivity index (χ2v) is 16.2. The van der Waals surface area contributed by atoms with Gasteiger partial charge in [-0.25, -0.2) is 4.79 Å². The molecule has 0 radical (unpaired) electrons. The van der Waals surface area contributed by atoms with Crippen molar-refractivity contribution >= 4 is 63.9 Å². The lowest BCUT2D eigenvalue weighted by molar-refractivity contribution is -0.126. The van der Waals surface area contributed by atoms with Gasteiger partial charge in [0.15, 0.2) is 0 Å². The lowest BCUT2D eigenvalue weighted by Gasteiger charge is -2.19. The molecule has 0 spiro atoms. The number of nitrogens with zero attached hydrogens (tertiary/aromatic N) is 4. The van der Waals surface area contributed by atoms with Crippen molar-refractivity contribution in [1.29, 1.82) is 0 Å². The number of unbranched alkanes of at least 4 members (excludes halogenated alkanes) is 2. The number of aromatic nitrogens is 1. The smallest absolute Gasteiger partial charge is 0.315 e. The van der Waals surface area contributed by atoms with Crippen molar-refractivity contribution in [2.75, 3.05) is 58.4 Å². The minimum atomic E-state index is -0.900. The lowest BCUT2D eigenvalue weighted by atomic mass is 10.0. The molecule has 0 unspecified atom stereocenters. The Kier molecular flexibility index (Phi) is 19.5. The van der Waals surface area contributed by atoms with Crippen LogP contribution < -0.4 is 37.2 Å². The van der Waals surface area contributed by atoms with E-state index >= 15 is 0 Å². The molecule has 21 heteroatoms. The van der Waals surface area contributed by atoms with Gasteiger partial charge in [-0.2, -0.15) is 11.8 Å². The topological polar surface area (TPSA) is 287 Å². The van der Waals surface area contributed by atoms with Gasteiger partial charge in [0.2, 0.25) is 17.7 Å². The summed E-state index contributed by atoms with van der Waals surface area (Å²) in [5.41, 5.74) is 9.94. The van der Waals surface area contributed by atoms with Crippen LogP contribution in [0.3, 0.4) is 0 Å². The molecule has 338 valence electrons. The Balaban J connectivity index is 0.918. The van der Waals surface area contributed by atoms with E-state index in [1.54, 1.807) is 12.1 Å². The Morgan fingerprint density at radius 2 is 1.63 bits per heavy atom. The number of carbonyl (C=O) groups excluding carboxylic acids is 6. The monoisotopic (exact) mass is 889 g/mol. The van der Waals surface area contributed by atoms with E-state index < -0.39 is 17.9 Å². The number of rotatable bonds is 27. The van der Waals surface area contributed by atoms with Crippen molar-refractivity contribution in [2.45, 2.75) is 74.7 Å². The maximum atomic E-state index is 13.3. The number of benzene rings is 2. The van der Waals surface area contributed by atoms with Crippen molar-refractivity contribution in [3.8, 4) is 5.75 Å². The first-order chi connectivity index (χ1) is 30.6. The van der Waals surface area contributed by atoms with Crippen LogP contribution in [-0.4, -0.2) is 127 Å². The quantitative estimate of drug-likeness (QED) is 0.0181. The minimum absolute atomic E-state index is 0.0295. The highest BCUT2D eigenvalue weighted by Crippen LogP contribution is 2.33. The van der Waals surface area contributed by atoms with E-state index in [1.807, 2.05) is 11.8 Å². The van der Waals surface area contributed by atoms with Gasteiger partial charge in [-0.15, -0.1) is 0 Å². The fourth-order valence-corrected chi connectivity index (χ4v) is 8.62. The van der Waals surface area contributed by atoms with Crippen molar-refractivity contribution in [3.63, 3.8) is 0 Å². The highest BCUT2D eigenvalue weighted by atomic mass is 32.2. The van der Waals surface area contributed by atoms with E-state index in [-0.39, 0.29) is 86.5 Å². The lowest BCUT2D eigenvalue weighted by Crippen LogP contribution is -2.47. The van der Waals surface area contributed by atoms with Gasteiger partial charge in [0.25, 0.3) is 11.8 Å². The normalized spacial score (nSPS) is 16.8. The third-order valence-electron chi connectivity index (χ3n) is 10.3. The zero-order valence-electron chi connectivity index (χ0n) is 34.9. The van der Waals surface area contributed by atoms with Gasteiger partial charge in [-0.05, 0) is 74.4 Å². The molecule has 2 fully saturated rings. The molecule has 2 saturated heterocycles. The summed E-state index contributed by atoms with van der Waals surface area (Å²) in [6.45, 7) is 1.77. The molecule has 1 aromatic heterocycles. The van der Waals surface area contributed by atoms with Crippen LogP contribution in [0.25, 0.3) is 21.3 Å². The molecule has 3 aromatic rings. The number of amides is 7. The zero-order chi connectivity index (χ0) is 44.8. The third kappa shape index (κ3) is 15.6. The summed E-state index contributed by atoms with van der Waals surface area (Å²) in [6, 6.07) is 11.6.